The molecule has 0 bridgehead atoms. The number of rotatable bonds is 12. The van der Waals surface area contributed by atoms with Crippen molar-refractivity contribution >= 4 is 5.69 Å². The minimum atomic E-state index is 0.323. The van der Waals surface area contributed by atoms with Gasteiger partial charge >= 0.3 is 0 Å². The maximum atomic E-state index is 4.35. The maximum absolute atomic E-state index is 4.35. The van der Waals surface area contributed by atoms with Crippen molar-refractivity contribution < 1.29 is 0 Å². The average Bonchev–Trinajstić information content (AvgIpc) is 2.82. The molecule has 1 heterocycles. The van der Waals surface area contributed by atoms with Gasteiger partial charge in [0.1, 0.15) is 0 Å². The fourth-order valence-electron chi connectivity index (χ4n) is 4.59. The first-order valence-corrected chi connectivity index (χ1v) is 13.0. The van der Waals surface area contributed by atoms with Crippen LogP contribution in [0.25, 0.3) is 0 Å². The predicted molar refractivity (Wildman–Crippen MR) is 156 cm³/mol. The van der Waals surface area contributed by atoms with Gasteiger partial charge in [-0.15, -0.1) is 0 Å². The lowest BCUT2D eigenvalue weighted by Gasteiger charge is -2.43. The molecular weight excluding hydrogens is 426 g/mol. The minimum Gasteiger partial charge on any atom is -0.381 e. The second kappa shape index (κ2) is 13.9. The minimum absolute atomic E-state index is 0.323. The predicted octanol–water partition coefficient (Wildman–Crippen LogP) is 7.21. The smallest absolute Gasteiger partial charge is 0.0411 e. The Labute approximate surface area is 215 Å². The SMILES string of the molecule is C=C/C(=C\C)C/C(C)=C/C=C(\C=C)C(=C)N[C@H](CN1CCN(c2cccc(C)c2)C(C)C1)C(C)C. The number of allylic oxidation sites excluding steroid dienone is 7. The van der Waals surface area contributed by atoms with E-state index in [1.54, 1.807) is 0 Å². The van der Waals surface area contributed by atoms with Gasteiger partial charge in [-0.2, -0.15) is 0 Å². The lowest BCUT2D eigenvalue weighted by molar-refractivity contribution is 0.193. The molecule has 1 unspecified atom stereocenters. The Bertz CT molecular complexity index is 963. The van der Waals surface area contributed by atoms with Crippen molar-refractivity contribution in [1.29, 1.82) is 0 Å². The van der Waals surface area contributed by atoms with Gasteiger partial charge in [0.25, 0.3) is 0 Å². The van der Waals surface area contributed by atoms with Crippen LogP contribution in [0.15, 0.2) is 96.8 Å². The van der Waals surface area contributed by atoms with Crippen LogP contribution in [0.1, 0.15) is 46.6 Å². The zero-order valence-corrected chi connectivity index (χ0v) is 23.0. The van der Waals surface area contributed by atoms with E-state index in [4.69, 9.17) is 0 Å². The average molecular weight is 474 g/mol. The Morgan fingerprint density at radius 3 is 2.49 bits per heavy atom. The number of piperazine rings is 1. The lowest BCUT2D eigenvalue weighted by Crippen LogP contribution is -2.55. The van der Waals surface area contributed by atoms with E-state index in [0.29, 0.717) is 18.0 Å². The highest BCUT2D eigenvalue weighted by atomic mass is 15.3. The first-order valence-electron chi connectivity index (χ1n) is 13.0. The zero-order valence-electron chi connectivity index (χ0n) is 23.0. The quantitative estimate of drug-likeness (QED) is 0.323. The molecule has 3 heteroatoms. The van der Waals surface area contributed by atoms with E-state index in [-0.39, 0.29) is 0 Å². The molecule has 35 heavy (non-hydrogen) atoms. The molecular formula is C32H47N3. The van der Waals surface area contributed by atoms with Gasteiger partial charge < -0.3 is 10.2 Å². The molecule has 0 saturated carbocycles. The summed E-state index contributed by atoms with van der Waals surface area (Å²) in [5, 5.41) is 3.72. The Morgan fingerprint density at radius 1 is 1.17 bits per heavy atom. The standard InChI is InChI=1S/C32H47N3/c1-10-29(11-2)20-26(7)16-17-30(12-3)28(9)33-32(24(4)5)23-34-18-19-35(27(8)22-34)31-15-13-14-25(6)21-31/h10-17,21,24,27,32-33H,1,3,9,18-20,22-23H2,2,4-8H3/b26-16+,29-11+,30-17+/t27?,32-/m1/s1. The van der Waals surface area contributed by atoms with Gasteiger partial charge in [0, 0.05) is 49.6 Å². The van der Waals surface area contributed by atoms with Crippen LogP contribution in [-0.2, 0) is 0 Å². The number of aryl methyl sites for hydroxylation is 1. The van der Waals surface area contributed by atoms with E-state index >= 15 is 0 Å². The van der Waals surface area contributed by atoms with Crippen molar-refractivity contribution in [2.45, 2.75) is 60.0 Å². The first-order chi connectivity index (χ1) is 16.7. The Balaban J connectivity index is 2.01. The van der Waals surface area contributed by atoms with Crippen LogP contribution in [0, 0.1) is 12.8 Å². The third kappa shape index (κ3) is 8.74. The molecule has 2 rings (SSSR count). The van der Waals surface area contributed by atoms with Gasteiger partial charge in [0.2, 0.25) is 0 Å². The van der Waals surface area contributed by atoms with Gasteiger partial charge in [-0.1, -0.05) is 81.7 Å². The number of hydrogen-bond acceptors (Lipinski definition) is 3. The summed E-state index contributed by atoms with van der Waals surface area (Å²) in [6.45, 7) is 29.7. The molecule has 190 valence electrons. The largest absolute Gasteiger partial charge is 0.381 e. The van der Waals surface area contributed by atoms with Gasteiger partial charge in [-0.25, -0.2) is 0 Å². The van der Waals surface area contributed by atoms with Crippen LogP contribution in [0.2, 0.25) is 0 Å². The van der Waals surface area contributed by atoms with Crippen molar-refractivity contribution in [2.75, 3.05) is 31.1 Å². The molecule has 1 saturated heterocycles. The normalized spacial score (nSPS) is 19.0. The van der Waals surface area contributed by atoms with Crippen LogP contribution in [0.5, 0.6) is 0 Å². The number of benzene rings is 1. The summed E-state index contributed by atoms with van der Waals surface area (Å²) in [5.74, 6) is 0.491. The summed E-state index contributed by atoms with van der Waals surface area (Å²) in [6.07, 6.45) is 11.1. The first kappa shape index (κ1) is 28.5. The maximum Gasteiger partial charge on any atom is 0.0411 e. The second-order valence-electron chi connectivity index (χ2n) is 10.2. The molecule has 1 aliphatic heterocycles. The summed E-state index contributed by atoms with van der Waals surface area (Å²) >= 11 is 0. The highest BCUT2D eigenvalue weighted by Gasteiger charge is 2.27. The van der Waals surface area contributed by atoms with E-state index < -0.39 is 0 Å². The van der Waals surface area contributed by atoms with Gasteiger partial charge in [-0.05, 0) is 68.9 Å². The molecule has 1 fully saturated rings. The number of nitrogens with one attached hydrogen (secondary N) is 1. The Morgan fingerprint density at radius 2 is 1.91 bits per heavy atom. The van der Waals surface area contributed by atoms with E-state index in [2.05, 4.69) is 119 Å². The second-order valence-corrected chi connectivity index (χ2v) is 10.2. The van der Waals surface area contributed by atoms with Crippen molar-refractivity contribution in [3.05, 3.63) is 102 Å². The van der Waals surface area contributed by atoms with Crippen LogP contribution >= 0.6 is 0 Å². The molecule has 1 aromatic rings. The van der Waals surface area contributed by atoms with E-state index in [1.165, 1.54) is 22.4 Å². The lowest BCUT2D eigenvalue weighted by atomic mass is 10.0. The Hall–Kier alpha value is -2.78. The summed E-state index contributed by atoms with van der Waals surface area (Å²) < 4.78 is 0. The van der Waals surface area contributed by atoms with Gasteiger partial charge in [-0.3, -0.25) is 4.90 Å². The topological polar surface area (TPSA) is 18.5 Å². The van der Waals surface area contributed by atoms with E-state index in [0.717, 1.165) is 43.9 Å². The summed E-state index contributed by atoms with van der Waals surface area (Å²) in [6, 6.07) is 9.66. The molecule has 1 aromatic carbocycles. The van der Waals surface area contributed by atoms with Crippen molar-refractivity contribution in [3.63, 3.8) is 0 Å². The highest BCUT2D eigenvalue weighted by molar-refractivity contribution is 5.49. The summed E-state index contributed by atoms with van der Waals surface area (Å²) in [7, 11) is 0. The third-order valence-corrected chi connectivity index (χ3v) is 6.90. The molecule has 1 aliphatic rings. The Kier molecular flexibility index (Phi) is 11.3. The van der Waals surface area contributed by atoms with E-state index in [9.17, 15) is 0 Å². The summed E-state index contributed by atoms with van der Waals surface area (Å²) in [5.41, 5.74) is 7.14. The fourth-order valence-corrected chi connectivity index (χ4v) is 4.59. The molecule has 2 atom stereocenters. The monoisotopic (exact) mass is 473 g/mol. The molecule has 0 spiro atoms. The number of hydrogen-bond donors (Lipinski definition) is 1. The molecule has 0 aliphatic carbocycles. The number of anilines is 1. The fraction of sp³-hybridized carbons (Fsp3) is 0.438. The summed E-state index contributed by atoms with van der Waals surface area (Å²) in [4.78, 5) is 5.14. The van der Waals surface area contributed by atoms with Crippen LogP contribution < -0.4 is 10.2 Å². The van der Waals surface area contributed by atoms with E-state index in [1.807, 2.05) is 12.2 Å². The number of nitrogens with zero attached hydrogens (tertiary/aromatic N) is 2. The highest BCUT2D eigenvalue weighted by Crippen LogP contribution is 2.22. The van der Waals surface area contributed by atoms with Crippen LogP contribution in [0.3, 0.4) is 0 Å². The van der Waals surface area contributed by atoms with Crippen LogP contribution in [-0.4, -0.2) is 43.2 Å². The van der Waals surface area contributed by atoms with Crippen molar-refractivity contribution in [2.24, 2.45) is 5.92 Å². The van der Waals surface area contributed by atoms with Crippen molar-refractivity contribution in [1.82, 2.24) is 10.2 Å². The molecule has 3 nitrogen and oxygen atoms in total. The van der Waals surface area contributed by atoms with Crippen LogP contribution in [0.4, 0.5) is 5.69 Å². The van der Waals surface area contributed by atoms with Gasteiger partial charge in [0.15, 0.2) is 0 Å². The van der Waals surface area contributed by atoms with Crippen molar-refractivity contribution in [3.8, 4) is 0 Å². The molecule has 0 amide bonds. The molecule has 0 aromatic heterocycles. The third-order valence-electron chi connectivity index (χ3n) is 6.90. The molecule has 0 radical (unpaired) electrons. The molecule has 1 N–H and O–H groups in total. The van der Waals surface area contributed by atoms with Gasteiger partial charge in [0.05, 0.1) is 0 Å². The zero-order chi connectivity index (χ0) is 26.0.